The van der Waals surface area contributed by atoms with Crippen molar-refractivity contribution in [3.8, 4) is 17.2 Å². The first-order valence-corrected chi connectivity index (χ1v) is 13.0. The minimum absolute atomic E-state index is 0.0457. The van der Waals surface area contributed by atoms with E-state index in [2.05, 4.69) is 4.90 Å². The number of likely N-dealkylation sites (tertiary alicyclic amines) is 1. The standard InChI is InChI=1S/C30H30ClF2NO3/c1-19-23(4-2-5-26(19)31)24-13-17-36-30-25(10-11-27(35)29(30)33)28(24)20-6-8-21(9-7-20)37-22-12-16-34(18-22)15-3-14-32/h2,4-11,22,35H,3,12-18H2,1H3/t22-/m0/s1. The van der Waals surface area contributed by atoms with Crippen molar-refractivity contribution in [3.63, 3.8) is 0 Å². The molecule has 7 heteroatoms. The smallest absolute Gasteiger partial charge is 0.207 e. The van der Waals surface area contributed by atoms with Crippen LogP contribution in [0.1, 0.15) is 41.5 Å². The highest BCUT2D eigenvalue weighted by Gasteiger charge is 2.27. The molecule has 0 saturated carbocycles. The molecule has 3 aromatic carbocycles. The minimum atomic E-state index is -0.766. The summed E-state index contributed by atoms with van der Waals surface area (Å²) < 4.78 is 39.5. The highest BCUT2D eigenvalue weighted by atomic mass is 35.5. The number of alkyl halides is 1. The van der Waals surface area contributed by atoms with E-state index in [1.807, 2.05) is 49.4 Å². The minimum Gasteiger partial charge on any atom is -0.505 e. The van der Waals surface area contributed by atoms with Crippen LogP contribution in [0, 0.1) is 12.7 Å². The van der Waals surface area contributed by atoms with Crippen LogP contribution >= 0.6 is 11.6 Å². The van der Waals surface area contributed by atoms with E-state index in [0.29, 0.717) is 23.4 Å². The van der Waals surface area contributed by atoms with Crippen LogP contribution in [0.4, 0.5) is 8.78 Å². The van der Waals surface area contributed by atoms with Crippen molar-refractivity contribution in [2.75, 3.05) is 32.9 Å². The second-order valence-corrected chi connectivity index (χ2v) is 9.94. The topological polar surface area (TPSA) is 41.9 Å². The zero-order chi connectivity index (χ0) is 25.9. The number of benzene rings is 3. The van der Waals surface area contributed by atoms with Gasteiger partial charge in [-0.2, -0.15) is 4.39 Å². The summed E-state index contributed by atoms with van der Waals surface area (Å²) in [6.45, 7) is 4.39. The van der Waals surface area contributed by atoms with Crippen molar-refractivity contribution in [2.24, 2.45) is 0 Å². The molecule has 1 saturated heterocycles. The van der Waals surface area contributed by atoms with Crippen LogP contribution in [-0.4, -0.2) is 49.0 Å². The van der Waals surface area contributed by atoms with Gasteiger partial charge >= 0.3 is 0 Å². The fourth-order valence-electron chi connectivity index (χ4n) is 5.23. The molecule has 0 aliphatic carbocycles. The van der Waals surface area contributed by atoms with Gasteiger partial charge in [0, 0.05) is 36.6 Å². The lowest BCUT2D eigenvalue weighted by Gasteiger charge is -2.19. The summed E-state index contributed by atoms with van der Waals surface area (Å²) in [7, 11) is 0. The third-order valence-electron chi connectivity index (χ3n) is 7.12. The van der Waals surface area contributed by atoms with Crippen molar-refractivity contribution in [1.82, 2.24) is 4.90 Å². The number of hydrogen-bond acceptors (Lipinski definition) is 4. The fourth-order valence-corrected chi connectivity index (χ4v) is 5.41. The van der Waals surface area contributed by atoms with Gasteiger partial charge in [-0.3, -0.25) is 9.29 Å². The van der Waals surface area contributed by atoms with Crippen LogP contribution < -0.4 is 9.47 Å². The first-order valence-electron chi connectivity index (χ1n) is 12.6. The van der Waals surface area contributed by atoms with Gasteiger partial charge in [-0.1, -0.05) is 35.9 Å². The summed E-state index contributed by atoms with van der Waals surface area (Å²) in [6.07, 6.45) is 2.07. The molecule has 1 atom stereocenters. The lowest BCUT2D eigenvalue weighted by atomic mass is 9.86. The quantitative estimate of drug-likeness (QED) is 0.359. The third-order valence-corrected chi connectivity index (χ3v) is 7.53. The SMILES string of the molecule is Cc1c(Cl)cccc1C1=C(c2ccc(O[C@H]3CCN(CCCF)C3)cc2)c2ccc(O)c(F)c2OCC1. The van der Waals surface area contributed by atoms with Crippen LogP contribution in [0.2, 0.25) is 5.02 Å². The van der Waals surface area contributed by atoms with Crippen LogP contribution in [0.25, 0.3) is 11.1 Å². The molecule has 0 amide bonds. The Bertz CT molecular complexity index is 1310. The molecule has 4 nitrogen and oxygen atoms in total. The van der Waals surface area contributed by atoms with Gasteiger partial charge in [-0.25, -0.2) is 0 Å². The number of hydrogen-bond donors (Lipinski definition) is 1. The van der Waals surface area contributed by atoms with E-state index in [1.54, 1.807) is 6.07 Å². The first kappa shape index (κ1) is 25.6. The summed E-state index contributed by atoms with van der Waals surface area (Å²) in [5.41, 5.74) is 5.22. The third kappa shape index (κ3) is 5.32. The van der Waals surface area contributed by atoms with Crippen molar-refractivity contribution in [1.29, 1.82) is 0 Å². The average Bonchev–Trinajstić information content (AvgIpc) is 3.25. The molecule has 0 aromatic heterocycles. The van der Waals surface area contributed by atoms with Crippen LogP contribution in [-0.2, 0) is 0 Å². The van der Waals surface area contributed by atoms with E-state index in [4.69, 9.17) is 21.1 Å². The monoisotopic (exact) mass is 525 g/mol. The number of rotatable bonds is 7. The summed E-state index contributed by atoms with van der Waals surface area (Å²) in [6, 6.07) is 16.6. The molecule has 0 radical (unpaired) electrons. The molecule has 1 fully saturated rings. The Morgan fingerprint density at radius 1 is 1.11 bits per heavy atom. The predicted molar refractivity (Wildman–Crippen MR) is 143 cm³/mol. The lowest BCUT2D eigenvalue weighted by molar-refractivity contribution is 0.198. The number of fused-ring (bicyclic) bond motifs is 1. The number of phenolic OH excluding ortho intramolecular Hbond substituents is 1. The Kier molecular flexibility index (Phi) is 7.68. The van der Waals surface area contributed by atoms with E-state index < -0.39 is 11.6 Å². The molecular weight excluding hydrogens is 496 g/mol. The first-order chi connectivity index (χ1) is 18.0. The summed E-state index contributed by atoms with van der Waals surface area (Å²) in [4.78, 5) is 2.23. The summed E-state index contributed by atoms with van der Waals surface area (Å²) in [5.74, 6) is -0.410. The maximum atomic E-state index is 15.0. The van der Waals surface area contributed by atoms with E-state index >= 15 is 0 Å². The van der Waals surface area contributed by atoms with Crippen LogP contribution in [0.5, 0.6) is 17.2 Å². The molecule has 0 unspecified atom stereocenters. The number of ether oxygens (including phenoxy) is 2. The Morgan fingerprint density at radius 2 is 1.92 bits per heavy atom. The maximum Gasteiger partial charge on any atom is 0.207 e. The zero-order valence-corrected chi connectivity index (χ0v) is 21.5. The van der Waals surface area contributed by atoms with Gasteiger partial charge in [0.25, 0.3) is 0 Å². The van der Waals surface area contributed by atoms with Gasteiger partial charge in [0.2, 0.25) is 5.82 Å². The average molecular weight is 526 g/mol. The largest absolute Gasteiger partial charge is 0.505 e. The van der Waals surface area contributed by atoms with Gasteiger partial charge in [-0.15, -0.1) is 0 Å². The van der Waals surface area contributed by atoms with Gasteiger partial charge in [0.15, 0.2) is 11.5 Å². The highest BCUT2D eigenvalue weighted by molar-refractivity contribution is 6.31. The molecule has 2 aliphatic rings. The Labute approximate surface area is 221 Å². The van der Waals surface area contributed by atoms with E-state index in [9.17, 15) is 13.9 Å². The van der Waals surface area contributed by atoms with Crippen molar-refractivity contribution < 1.29 is 23.4 Å². The number of nitrogens with zero attached hydrogens (tertiary/aromatic N) is 1. The van der Waals surface area contributed by atoms with Gasteiger partial charge in [-0.05, 0) is 77.9 Å². The fraction of sp³-hybridized carbons (Fsp3) is 0.333. The number of phenols is 1. The van der Waals surface area contributed by atoms with E-state index in [1.165, 1.54) is 6.07 Å². The molecule has 1 N–H and O–H groups in total. The molecule has 2 aliphatic heterocycles. The van der Waals surface area contributed by atoms with Crippen molar-refractivity contribution in [3.05, 3.63) is 87.7 Å². The normalized spacial score (nSPS) is 17.9. The molecule has 37 heavy (non-hydrogen) atoms. The lowest BCUT2D eigenvalue weighted by Crippen LogP contribution is -2.26. The molecule has 194 valence electrons. The molecule has 3 aromatic rings. The van der Waals surface area contributed by atoms with Crippen molar-refractivity contribution in [2.45, 2.75) is 32.3 Å². The molecule has 2 heterocycles. The number of halogens is 3. The van der Waals surface area contributed by atoms with Crippen LogP contribution in [0.15, 0.2) is 54.6 Å². The van der Waals surface area contributed by atoms with Gasteiger partial charge in [0.05, 0.1) is 13.3 Å². The van der Waals surface area contributed by atoms with E-state index in [-0.39, 0.29) is 25.1 Å². The highest BCUT2D eigenvalue weighted by Crippen LogP contribution is 2.45. The second-order valence-electron chi connectivity index (χ2n) is 9.54. The zero-order valence-electron chi connectivity index (χ0n) is 20.8. The summed E-state index contributed by atoms with van der Waals surface area (Å²) in [5, 5.41) is 10.7. The van der Waals surface area contributed by atoms with Gasteiger partial charge < -0.3 is 14.6 Å². The van der Waals surface area contributed by atoms with Crippen LogP contribution in [0.3, 0.4) is 0 Å². The van der Waals surface area contributed by atoms with Gasteiger partial charge in [0.1, 0.15) is 11.9 Å². The van der Waals surface area contributed by atoms with Crippen molar-refractivity contribution >= 4 is 22.7 Å². The molecule has 0 spiro atoms. The molecular formula is C30H30ClF2NO3. The number of aromatic hydroxyl groups is 1. The molecule has 5 rings (SSSR count). The second kappa shape index (κ2) is 11.1. The summed E-state index contributed by atoms with van der Waals surface area (Å²) >= 11 is 6.47. The van der Waals surface area contributed by atoms with E-state index in [0.717, 1.165) is 59.6 Å². The Morgan fingerprint density at radius 3 is 2.70 bits per heavy atom. The maximum absolute atomic E-state index is 15.0. The Hall–Kier alpha value is -3.09. The molecule has 0 bridgehead atoms. The Balaban J connectivity index is 1.52. The predicted octanol–water partition coefficient (Wildman–Crippen LogP) is 7.05.